The van der Waals surface area contributed by atoms with Gasteiger partial charge in [0.2, 0.25) is 0 Å². The number of thiocarbonyl (C=S) groups is 1. The van der Waals surface area contributed by atoms with Crippen molar-refractivity contribution in [1.29, 1.82) is 0 Å². The van der Waals surface area contributed by atoms with Gasteiger partial charge in [-0.3, -0.25) is 9.97 Å². The fourth-order valence-corrected chi connectivity index (χ4v) is 2.18. The SMILES string of the molecule is S=C(Nc1ccccc1)Nc1ccc(-c2ccccn2)nc1. The zero-order valence-corrected chi connectivity index (χ0v) is 12.5. The van der Waals surface area contributed by atoms with E-state index in [1.807, 2.05) is 60.7 Å². The van der Waals surface area contributed by atoms with E-state index < -0.39 is 0 Å². The Bertz CT molecular complexity index is 743. The molecule has 0 fully saturated rings. The Morgan fingerprint density at radius 2 is 1.45 bits per heavy atom. The van der Waals surface area contributed by atoms with Crippen LogP contribution in [0.15, 0.2) is 73.1 Å². The Morgan fingerprint density at radius 1 is 0.727 bits per heavy atom. The molecule has 22 heavy (non-hydrogen) atoms. The lowest BCUT2D eigenvalue weighted by atomic mass is 10.2. The minimum Gasteiger partial charge on any atom is -0.332 e. The van der Waals surface area contributed by atoms with Crippen LogP contribution in [-0.4, -0.2) is 15.1 Å². The van der Waals surface area contributed by atoms with Crippen LogP contribution in [0.25, 0.3) is 11.4 Å². The van der Waals surface area contributed by atoms with Crippen LogP contribution >= 0.6 is 12.2 Å². The topological polar surface area (TPSA) is 49.8 Å². The van der Waals surface area contributed by atoms with Gasteiger partial charge in [-0.2, -0.15) is 0 Å². The van der Waals surface area contributed by atoms with Crippen LogP contribution in [0.2, 0.25) is 0 Å². The number of nitrogens with one attached hydrogen (secondary N) is 2. The third-order valence-corrected chi connectivity index (χ3v) is 3.18. The molecule has 0 unspecified atom stereocenters. The van der Waals surface area contributed by atoms with Crippen LogP contribution in [0, 0.1) is 0 Å². The fourth-order valence-electron chi connectivity index (χ4n) is 1.95. The molecule has 3 rings (SSSR count). The van der Waals surface area contributed by atoms with E-state index in [9.17, 15) is 0 Å². The van der Waals surface area contributed by atoms with Crippen molar-refractivity contribution in [1.82, 2.24) is 9.97 Å². The monoisotopic (exact) mass is 306 g/mol. The number of anilines is 2. The number of benzene rings is 1. The molecule has 0 spiro atoms. The molecular weight excluding hydrogens is 292 g/mol. The molecule has 2 heterocycles. The number of para-hydroxylation sites is 1. The summed E-state index contributed by atoms with van der Waals surface area (Å²) in [5, 5.41) is 6.75. The summed E-state index contributed by atoms with van der Waals surface area (Å²) in [5.74, 6) is 0. The van der Waals surface area contributed by atoms with Gasteiger partial charge in [-0.25, -0.2) is 0 Å². The zero-order chi connectivity index (χ0) is 15.2. The molecule has 0 saturated heterocycles. The molecule has 0 radical (unpaired) electrons. The maximum atomic E-state index is 5.28. The smallest absolute Gasteiger partial charge is 0.175 e. The summed E-state index contributed by atoms with van der Waals surface area (Å²) in [6.45, 7) is 0. The standard InChI is InChI=1S/C17H14N4S/c22-17(20-13-6-2-1-3-7-13)21-14-9-10-16(19-12-14)15-8-4-5-11-18-15/h1-12H,(H2,20,21,22). The van der Waals surface area contributed by atoms with Crippen molar-refractivity contribution in [2.45, 2.75) is 0 Å². The molecule has 0 atom stereocenters. The van der Waals surface area contributed by atoms with Crippen molar-refractivity contribution < 1.29 is 0 Å². The van der Waals surface area contributed by atoms with E-state index in [0.717, 1.165) is 22.8 Å². The third-order valence-electron chi connectivity index (χ3n) is 2.98. The third kappa shape index (κ3) is 3.65. The van der Waals surface area contributed by atoms with E-state index in [-0.39, 0.29) is 0 Å². The van der Waals surface area contributed by atoms with Crippen molar-refractivity contribution in [3.8, 4) is 11.4 Å². The lowest BCUT2D eigenvalue weighted by Gasteiger charge is -2.10. The number of rotatable bonds is 3. The van der Waals surface area contributed by atoms with Gasteiger partial charge in [0.15, 0.2) is 5.11 Å². The van der Waals surface area contributed by atoms with Crippen molar-refractivity contribution >= 4 is 28.7 Å². The van der Waals surface area contributed by atoms with Crippen molar-refractivity contribution in [2.75, 3.05) is 10.6 Å². The zero-order valence-electron chi connectivity index (χ0n) is 11.7. The van der Waals surface area contributed by atoms with Gasteiger partial charge in [0.1, 0.15) is 0 Å². The molecule has 2 N–H and O–H groups in total. The lowest BCUT2D eigenvalue weighted by molar-refractivity contribution is 1.25. The summed E-state index contributed by atoms with van der Waals surface area (Å²) in [4.78, 5) is 8.67. The molecule has 3 aromatic rings. The molecule has 0 bridgehead atoms. The molecule has 0 saturated carbocycles. The van der Waals surface area contributed by atoms with Gasteiger partial charge < -0.3 is 10.6 Å². The highest BCUT2D eigenvalue weighted by molar-refractivity contribution is 7.80. The Kier molecular flexibility index (Phi) is 4.36. The van der Waals surface area contributed by atoms with E-state index in [4.69, 9.17) is 12.2 Å². The first-order valence-corrected chi connectivity index (χ1v) is 7.22. The molecule has 0 aliphatic heterocycles. The summed E-state index contributed by atoms with van der Waals surface area (Å²) >= 11 is 5.28. The van der Waals surface area contributed by atoms with Crippen molar-refractivity contribution in [3.63, 3.8) is 0 Å². The Hall–Kier alpha value is -2.79. The molecule has 5 heteroatoms. The van der Waals surface area contributed by atoms with Crippen LogP contribution in [0.4, 0.5) is 11.4 Å². The Balaban J connectivity index is 1.65. The minimum absolute atomic E-state index is 0.526. The fraction of sp³-hybridized carbons (Fsp3) is 0. The molecule has 2 aromatic heterocycles. The maximum absolute atomic E-state index is 5.28. The second-order valence-electron chi connectivity index (χ2n) is 4.59. The minimum atomic E-state index is 0.526. The summed E-state index contributed by atoms with van der Waals surface area (Å²) in [7, 11) is 0. The van der Waals surface area contributed by atoms with Crippen LogP contribution in [0.1, 0.15) is 0 Å². The summed E-state index contributed by atoms with van der Waals surface area (Å²) in [6.07, 6.45) is 3.49. The Labute approximate surface area is 134 Å². The van der Waals surface area contributed by atoms with Gasteiger partial charge in [0.25, 0.3) is 0 Å². The molecule has 1 aromatic carbocycles. The first-order chi connectivity index (χ1) is 10.8. The van der Waals surface area contributed by atoms with Gasteiger partial charge in [-0.1, -0.05) is 24.3 Å². The molecule has 0 aliphatic rings. The van der Waals surface area contributed by atoms with Crippen LogP contribution in [0.3, 0.4) is 0 Å². The highest BCUT2D eigenvalue weighted by Gasteiger charge is 2.02. The van der Waals surface area contributed by atoms with Crippen LogP contribution in [-0.2, 0) is 0 Å². The largest absolute Gasteiger partial charge is 0.332 e. The van der Waals surface area contributed by atoms with E-state index in [2.05, 4.69) is 20.6 Å². The summed E-state index contributed by atoms with van der Waals surface area (Å²) in [5.41, 5.74) is 3.44. The number of pyridine rings is 2. The first-order valence-electron chi connectivity index (χ1n) is 6.82. The normalized spacial score (nSPS) is 10.0. The maximum Gasteiger partial charge on any atom is 0.175 e. The van der Waals surface area contributed by atoms with E-state index in [1.165, 1.54) is 0 Å². The van der Waals surface area contributed by atoms with Gasteiger partial charge in [-0.05, 0) is 48.6 Å². The van der Waals surface area contributed by atoms with Crippen LogP contribution in [0.5, 0.6) is 0 Å². The molecule has 4 nitrogen and oxygen atoms in total. The van der Waals surface area contributed by atoms with Crippen molar-refractivity contribution in [3.05, 3.63) is 73.1 Å². The highest BCUT2D eigenvalue weighted by atomic mass is 32.1. The first kappa shape index (κ1) is 14.2. The number of aromatic nitrogens is 2. The lowest BCUT2D eigenvalue weighted by Crippen LogP contribution is -2.19. The van der Waals surface area contributed by atoms with Gasteiger partial charge in [0, 0.05) is 11.9 Å². The van der Waals surface area contributed by atoms with Crippen molar-refractivity contribution in [2.24, 2.45) is 0 Å². The molecular formula is C17H14N4S. The van der Waals surface area contributed by atoms with E-state index >= 15 is 0 Å². The number of nitrogens with zero attached hydrogens (tertiary/aromatic N) is 2. The second-order valence-corrected chi connectivity index (χ2v) is 5.00. The number of hydrogen-bond donors (Lipinski definition) is 2. The molecule has 0 amide bonds. The van der Waals surface area contributed by atoms with Gasteiger partial charge in [-0.15, -0.1) is 0 Å². The average Bonchev–Trinajstić information content (AvgIpc) is 2.57. The van der Waals surface area contributed by atoms with Gasteiger partial charge in [0.05, 0.1) is 23.3 Å². The predicted molar refractivity (Wildman–Crippen MR) is 93.8 cm³/mol. The summed E-state index contributed by atoms with van der Waals surface area (Å²) in [6, 6.07) is 19.4. The predicted octanol–water partition coefficient (Wildman–Crippen LogP) is 3.95. The average molecular weight is 306 g/mol. The molecule has 0 aliphatic carbocycles. The van der Waals surface area contributed by atoms with E-state index in [1.54, 1.807) is 12.4 Å². The summed E-state index contributed by atoms with van der Waals surface area (Å²) < 4.78 is 0. The number of hydrogen-bond acceptors (Lipinski definition) is 3. The quantitative estimate of drug-likeness (QED) is 0.718. The second kappa shape index (κ2) is 6.78. The van der Waals surface area contributed by atoms with E-state index in [0.29, 0.717) is 5.11 Å². The molecule has 108 valence electrons. The Morgan fingerprint density at radius 3 is 2.14 bits per heavy atom. The van der Waals surface area contributed by atoms with Gasteiger partial charge >= 0.3 is 0 Å². The van der Waals surface area contributed by atoms with Crippen LogP contribution < -0.4 is 10.6 Å². The highest BCUT2D eigenvalue weighted by Crippen LogP contribution is 2.16.